The van der Waals surface area contributed by atoms with E-state index in [1.807, 2.05) is 24.3 Å². The molecular weight excluding hydrogens is 683 g/mol. The van der Waals surface area contributed by atoms with Crippen molar-refractivity contribution in [2.45, 2.75) is 51.4 Å². The number of para-hydroxylation sites is 1. The minimum Gasteiger partial charge on any atom is -0.309 e. The van der Waals surface area contributed by atoms with E-state index >= 15 is 0 Å². The topological polar surface area (TPSA) is 67.4 Å². The zero-order valence-corrected chi connectivity index (χ0v) is 31.9. The van der Waals surface area contributed by atoms with Crippen LogP contribution in [0.15, 0.2) is 146 Å². The van der Waals surface area contributed by atoms with Crippen molar-refractivity contribution in [2.75, 3.05) is 0 Å². The maximum atomic E-state index is 9.50. The molecule has 5 heteroatoms. The molecule has 56 heavy (non-hydrogen) atoms. The van der Waals surface area contributed by atoms with Crippen LogP contribution in [0.5, 0.6) is 0 Å². The first-order valence-electron chi connectivity index (χ1n) is 20.0. The lowest BCUT2D eigenvalue weighted by Crippen LogP contribution is -2.42. The summed E-state index contributed by atoms with van der Waals surface area (Å²) >= 11 is 0. The van der Waals surface area contributed by atoms with Crippen molar-refractivity contribution in [1.82, 2.24) is 19.5 Å². The van der Waals surface area contributed by atoms with Gasteiger partial charge in [0.2, 0.25) is 0 Å². The van der Waals surface area contributed by atoms with E-state index in [9.17, 15) is 5.26 Å². The van der Waals surface area contributed by atoms with Crippen LogP contribution in [-0.2, 0) is 5.41 Å². The van der Waals surface area contributed by atoms with Gasteiger partial charge in [-0.3, -0.25) is 0 Å². The van der Waals surface area contributed by atoms with Crippen LogP contribution in [0.1, 0.15) is 57.1 Å². The summed E-state index contributed by atoms with van der Waals surface area (Å²) in [6, 6.07) is 53.3. The van der Waals surface area contributed by atoms with E-state index in [0.717, 1.165) is 51.2 Å². The van der Waals surface area contributed by atoms with E-state index in [0.29, 0.717) is 23.0 Å². The minimum absolute atomic E-state index is 0.256. The van der Waals surface area contributed by atoms with E-state index in [-0.39, 0.29) is 5.41 Å². The fourth-order valence-corrected chi connectivity index (χ4v) is 10.3. The highest BCUT2D eigenvalue weighted by molar-refractivity contribution is 6.10. The molecule has 0 saturated heterocycles. The molecule has 6 aromatic carbocycles. The molecule has 2 fully saturated rings. The van der Waals surface area contributed by atoms with Gasteiger partial charge in [-0.2, -0.15) is 5.26 Å². The van der Waals surface area contributed by atoms with Crippen LogP contribution in [0.4, 0.5) is 0 Å². The highest BCUT2D eigenvalue weighted by Crippen LogP contribution is 2.54. The largest absolute Gasteiger partial charge is 0.309 e. The van der Waals surface area contributed by atoms with Crippen molar-refractivity contribution in [2.24, 2.45) is 17.8 Å². The van der Waals surface area contributed by atoms with Gasteiger partial charge in [0.1, 0.15) is 0 Å². The van der Waals surface area contributed by atoms with E-state index in [1.165, 1.54) is 59.6 Å². The Morgan fingerprint density at radius 1 is 0.536 bits per heavy atom. The molecule has 2 saturated carbocycles. The molecule has 2 aromatic heterocycles. The second-order valence-electron chi connectivity index (χ2n) is 16.5. The predicted octanol–water partition coefficient (Wildman–Crippen LogP) is 12.6. The van der Waals surface area contributed by atoms with Crippen LogP contribution in [0.3, 0.4) is 0 Å². The molecule has 2 aliphatic rings. The third-order valence-electron chi connectivity index (χ3n) is 12.5. The molecule has 5 nitrogen and oxygen atoms in total. The summed E-state index contributed by atoms with van der Waals surface area (Å²) in [5, 5.41) is 11.9. The molecule has 0 spiro atoms. The third-order valence-corrected chi connectivity index (χ3v) is 12.5. The Labute approximate surface area is 328 Å². The van der Waals surface area contributed by atoms with Crippen molar-refractivity contribution in [1.29, 1.82) is 5.26 Å². The average Bonchev–Trinajstić information content (AvgIpc) is 3.57. The molecule has 0 radical (unpaired) electrons. The molecule has 2 aliphatic carbocycles. The van der Waals surface area contributed by atoms with Gasteiger partial charge in [0.15, 0.2) is 17.5 Å². The van der Waals surface area contributed by atoms with Gasteiger partial charge in [-0.05, 0) is 120 Å². The Kier molecular flexibility index (Phi) is 8.37. The fraction of sp³-hybridized carbons (Fsp3) is 0.216. The molecule has 8 aromatic rings. The number of hydrogen-bond acceptors (Lipinski definition) is 4. The number of nitriles is 1. The molecule has 0 N–H and O–H groups in total. The maximum Gasteiger partial charge on any atom is 0.164 e. The summed E-state index contributed by atoms with van der Waals surface area (Å²) in [6.45, 7) is 4.89. The van der Waals surface area contributed by atoms with Gasteiger partial charge in [0.25, 0.3) is 0 Å². The third kappa shape index (κ3) is 6.07. The molecule has 10 rings (SSSR count). The SMILES string of the molecule is C[C@@H]1CC2C[C@H](C)CC(c3ccc(-c4nc(-c5ccc(C#N)cc5)nc(-c5ccc6c7ccccc7n(-c7ccc(-c8ccccc8)cc7)c6c5)n4)cc3)(C2)C1. The van der Waals surface area contributed by atoms with Crippen LogP contribution in [0.25, 0.3) is 72.8 Å². The fourth-order valence-electron chi connectivity index (χ4n) is 10.3. The summed E-state index contributed by atoms with van der Waals surface area (Å²) in [5.41, 5.74) is 10.7. The van der Waals surface area contributed by atoms with Crippen molar-refractivity contribution in [3.63, 3.8) is 0 Å². The van der Waals surface area contributed by atoms with Crippen molar-refractivity contribution in [3.8, 4) is 57.0 Å². The summed E-state index contributed by atoms with van der Waals surface area (Å²) in [5.74, 6) is 4.17. The highest BCUT2D eigenvalue weighted by atomic mass is 15.0. The van der Waals surface area contributed by atoms with Gasteiger partial charge in [0, 0.05) is 33.2 Å². The number of benzene rings is 6. The van der Waals surface area contributed by atoms with Crippen molar-refractivity contribution < 1.29 is 0 Å². The Bertz CT molecular complexity index is 2740. The molecule has 2 unspecified atom stereocenters. The van der Waals surface area contributed by atoms with Crippen LogP contribution in [-0.4, -0.2) is 19.5 Å². The van der Waals surface area contributed by atoms with Gasteiger partial charge in [-0.1, -0.05) is 111 Å². The minimum atomic E-state index is 0.256. The van der Waals surface area contributed by atoms with E-state index in [2.05, 4.69) is 146 Å². The maximum absolute atomic E-state index is 9.50. The molecule has 2 bridgehead atoms. The van der Waals surface area contributed by atoms with Gasteiger partial charge < -0.3 is 4.57 Å². The van der Waals surface area contributed by atoms with Gasteiger partial charge in [-0.15, -0.1) is 0 Å². The normalized spacial score (nSPS) is 20.6. The lowest BCUT2D eigenvalue weighted by Gasteiger charge is -2.50. The molecule has 2 heterocycles. The second kappa shape index (κ2) is 13.7. The first-order chi connectivity index (χ1) is 27.4. The molecule has 272 valence electrons. The Morgan fingerprint density at radius 2 is 1.07 bits per heavy atom. The standard InChI is InChI=1S/C51H43N5/c1-33-26-36-27-34(2)30-51(29-33,31-36)42-21-16-40(17-22-42)49-53-48(39-14-12-35(32-52)13-15-39)54-50(55-49)41-20-25-45-44-10-6-7-11-46(44)56(47(45)28-41)43-23-18-38(19-24-43)37-8-4-3-5-9-37/h3-25,28,33-34,36H,26-27,29-31H2,1-2H3/t33-,34+,36?,51?. The lowest BCUT2D eigenvalue weighted by atomic mass is 9.54. The molecule has 0 amide bonds. The average molecular weight is 726 g/mol. The monoisotopic (exact) mass is 725 g/mol. The van der Waals surface area contributed by atoms with E-state index in [1.54, 1.807) is 0 Å². The van der Waals surface area contributed by atoms with Crippen LogP contribution < -0.4 is 0 Å². The molecule has 4 atom stereocenters. The molecular formula is C51H43N5. The van der Waals surface area contributed by atoms with Gasteiger partial charge in [0.05, 0.1) is 22.7 Å². The summed E-state index contributed by atoms with van der Waals surface area (Å²) in [4.78, 5) is 15.3. The summed E-state index contributed by atoms with van der Waals surface area (Å²) in [7, 11) is 0. The number of rotatable bonds is 6. The van der Waals surface area contributed by atoms with E-state index in [4.69, 9.17) is 15.0 Å². The zero-order chi connectivity index (χ0) is 37.8. The van der Waals surface area contributed by atoms with Crippen LogP contribution in [0.2, 0.25) is 0 Å². The van der Waals surface area contributed by atoms with Crippen molar-refractivity contribution >= 4 is 21.8 Å². The number of aromatic nitrogens is 4. The summed E-state index contributed by atoms with van der Waals surface area (Å²) < 4.78 is 2.34. The predicted molar refractivity (Wildman–Crippen MR) is 227 cm³/mol. The Morgan fingerprint density at radius 3 is 1.73 bits per heavy atom. The van der Waals surface area contributed by atoms with Gasteiger partial charge in [-0.25, -0.2) is 15.0 Å². The first kappa shape index (κ1) is 34.1. The number of nitrogens with zero attached hydrogens (tertiary/aromatic N) is 5. The first-order valence-corrected chi connectivity index (χ1v) is 20.0. The molecule has 0 aliphatic heterocycles. The van der Waals surface area contributed by atoms with E-state index < -0.39 is 0 Å². The Hall–Kier alpha value is -6.38. The van der Waals surface area contributed by atoms with Gasteiger partial charge >= 0.3 is 0 Å². The van der Waals surface area contributed by atoms with Crippen LogP contribution in [0, 0.1) is 29.1 Å². The summed E-state index contributed by atoms with van der Waals surface area (Å²) in [6.07, 6.45) is 6.56. The Balaban J connectivity index is 1.09. The zero-order valence-electron chi connectivity index (χ0n) is 31.9. The second-order valence-corrected chi connectivity index (χ2v) is 16.5. The smallest absolute Gasteiger partial charge is 0.164 e. The van der Waals surface area contributed by atoms with Crippen LogP contribution >= 0.6 is 0 Å². The lowest BCUT2D eigenvalue weighted by molar-refractivity contribution is 0.0780. The number of hydrogen-bond donors (Lipinski definition) is 0. The highest BCUT2D eigenvalue weighted by Gasteiger charge is 2.45. The van der Waals surface area contributed by atoms with Crippen molar-refractivity contribution in [3.05, 3.63) is 157 Å². The number of fused-ring (bicyclic) bond motifs is 5. The quantitative estimate of drug-likeness (QED) is 0.171.